The summed E-state index contributed by atoms with van der Waals surface area (Å²) in [5.41, 5.74) is 4.46. The maximum absolute atomic E-state index is 7.32. The van der Waals surface area contributed by atoms with Crippen molar-refractivity contribution in [1.82, 2.24) is 0 Å². The molecule has 0 aromatic rings. The molecular formula is C3H7Cl2N3. The zero-order chi connectivity index (χ0) is 6.28. The second-order valence-electron chi connectivity index (χ2n) is 0.572. The number of nitrogens with one attached hydrogen (secondary N) is 1. The van der Waals surface area contributed by atoms with E-state index in [-0.39, 0.29) is 17.7 Å². The summed E-state index contributed by atoms with van der Waals surface area (Å²) in [5, 5.41) is 13.0. The lowest BCUT2D eigenvalue weighted by molar-refractivity contribution is 1.49. The van der Waals surface area contributed by atoms with E-state index >= 15 is 0 Å². The van der Waals surface area contributed by atoms with Gasteiger partial charge in [-0.1, -0.05) is 0 Å². The number of nitriles is 1. The number of nitrogens with two attached hydrogens (primary N) is 1. The van der Waals surface area contributed by atoms with Gasteiger partial charge in [-0.3, -0.25) is 5.41 Å². The predicted molar refractivity (Wildman–Crippen MR) is 36.3 cm³/mol. The Morgan fingerprint density at radius 1 is 1.88 bits per heavy atom. The number of amidine groups is 1. The molecule has 48 valence electrons. The van der Waals surface area contributed by atoms with Crippen molar-refractivity contribution in [2.24, 2.45) is 5.73 Å². The first-order valence-corrected chi connectivity index (χ1v) is 1.83. The highest BCUT2D eigenvalue weighted by molar-refractivity contribution is 6.63. The highest BCUT2D eigenvalue weighted by atomic mass is 35.5. The Morgan fingerprint density at radius 2 is 1.88 bits per heavy atom. The molecule has 0 amide bonds. The van der Waals surface area contributed by atoms with E-state index in [1.54, 1.807) is 6.07 Å². The molecule has 0 aromatic carbocycles. The van der Waals surface area contributed by atoms with Gasteiger partial charge in [0.25, 0.3) is 0 Å². The summed E-state index contributed by atoms with van der Waals surface area (Å²) in [4.78, 5) is 0. The second kappa shape index (κ2) is 16.0. The van der Waals surface area contributed by atoms with Crippen LogP contribution in [0.2, 0.25) is 0 Å². The summed E-state index contributed by atoms with van der Waals surface area (Å²) in [6.07, 6.45) is 0. The number of hydrogen-bond acceptors (Lipinski definition) is 2. The Labute approximate surface area is 59.3 Å². The van der Waals surface area contributed by atoms with E-state index in [4.69, 9.17) is 10.7 Å². The van der Waals surface area contributed by atoms with Crippen LogP contribution in [0.25, 0.3) is 0 Å². The zero-order valence-electron chi connectivity index (χ0n) is 4.31. The van der Waals surface area contributed by atoms with Crippen molar-refractivity contribution >= 4 is 29.3 Å². The molecule has 0 bridgehead atoms. The Kier molecular flexibility index (Phi) is 31.3. The molecule has 5 heteroatoms. The third kappa shape index (κ3) is 540. The van der Waals surface area contributed by atoms with Crippen LogP contribution in [0.1, 0.15) is 6.92 Å². The largest absolute Gasteiger partial charge is 0.374 e. The Bertz CT molecular complexity index is 81.0. The summed E-state index contributed by atoms with van der Waals surface area (Å²) < 4.78 is 0. The Morgan fingerprint density at radius 3 is 1.88 bits per heavy atom. The highest BCUT2D eigenvalue weighted by Gasteiger charge is 1.58. The average Bonchev–Trinajstić information content (AvgIpc) is 1.33. The third-order valence-corrected chi connectivity index (χ3v) is 0. The minimum absolute atomic E-state index is 0. The molecule has 0 aliphatic heterocycles. The standard InChI is InChI=1S/C2H3N.CH3ClN2.ClH/c1-2-3;2-1(3)4;/h1H3;(H3,3,4);1H. The molecule has 0 spiro atoms. The molecule has 3 N–H and O–H groups in total. The molecule has 0 aromatic heterocycles. The molecule has 0 unspecified atom stereocenters. The molecule has 8 heavy (non-hydrogen) atoms. The summed E-state index contributed by atoms with van der Waals surface area (Å²) in [5.74, 6) is 0. The predicted octanol–water partition coefficient (Wildman–Crippen LogP) is 1.07. The van der Waals surface area contributed by atoms with Gasteiger partial charge in [0, 0.05) is 6.92 Å². The number of rotatable bonds is 0. The molecule has 0 atom stereocenters. The normalized spacial score (nSPS) is 4.12. The van der Waals surface area contributed by atoms with E-state index in [9.17, 15) is 0 Å². The van der Waals surface area contributed by atoms with Crippen molar-refractivity contribution in [1.29, 1.82) is 10.7 Å². The zero-order valence-corrected chi connectivity index (χ0v) is 5.88. The van der Waals surface area contributed by atoms with Crippen LogP contribution in [0.4, 0.5) is 0 Å². The molecule has 0 fully saturated rings. The van der Waals surface area contributed by atoms with Gasteiger partial charge >= 0.3 is 0 Å². The van der Waals surface area contributed by atoms with Crippen molar-refractivity contribution < 1.29 is 0 Å². The molecule has 0 heterocycles. The summed E-state index contributed by atoms with van der Waals surface area (Å²) in [6, 6.07) is 1.75. The van der Waals surface area contributed by atoms with Crippen LogP contribution in [0, 0.1) is 16.7 Å². The summed E-state index contributed by atoms with van der Waals surface area (Å²) in [7, 11) is 0. The van der Waals surface area contributed by atoms with Gasteiger partial charge in [-0.05, 0) is 11.6 Å². The quantitative estimate of drug-likeness (QED) is 0.312. The Balaban J connectivity index is -0.0000000575. The molecule has 0 saturated heterocycles. The monoisotopic (exact) mass is 155 g/mol. The summed E-state index contributed by atoms with van der Waals surface area (Å²) >= 11 is 4.64. The van der Waals surface area contributed by atoms with Gasteiger partial charge in [-0.25, -0.2) is 0 Å². The van der Waals surface area contributed by atoms with E-state index in [1.807, 2.05) is 0 Å². The first-order valence-electron chi connectivity index (χ1n) is 1.45. The van der Waals surface area contributed by atoms with Crippen molar-refractivity contribution in [2.75, 3.05) is 0 Å². The van der Waals surface area contributed by atoms with Crippen LogP contribution in [-0.2, 0) is 0 Å². The van der Waals surface area contributed by atoms with E-state index in [1.165, 1.54) is 6.92 Å². The topological polar surface area (TPSA) is 73.7 Å². The minimum atomic E-state index is -0.361. The maximum atomic E-state index is 7.32. The molecular weight excluding hydrogens is 149 g/mol. The van der Waals surface area contributed by atoms with Gasteiger partial charge in [0.05, 0.1) is 6.07 Å². The maximum Gasteiger partial charge on any atom is 0.185 e. The van der Waals surface area contributed by atoms with Crippen LogP contribution < -0.4 is 5.73 Å². The average molecular weight is 156 g/mol. The van der Waals surface area contributed by atoms with Gasteiger partial charge in [0.1, 0.15) is 0 Å². The lowest BCUT2D eigenvalue weighted by atomic mass is 11.0. The summed E-state index contributed by atoms with van der Waals surface area (Å²) in [6.45, 7) is 1.43. The number of nitrogens with zero attached hydrogens (tertiary/aromatic N) is 1. The van der Waals surface area contributed by atoms with Crippen molar-refractivity contribution in [3.8, 4) is 6.07 Å². The van der Waals surface area contributed by atoms with E-state index in [2.05, 4.69) is 17.3 Å². The third-order valence-electron chi connectivity index (χ3n) is 0. The van der Waals surface area contributed by atoms with Crippen LogP contribution in [-0.4, -0.2) is 5.29 Å². The van der Waals surface area contributed by atoms with E-state index in [0.29, 0.717) is 0 Å². The van der Waals surface area contributed by atoms with Gasteiger partial charge in [0.2, 0.25) is 0 Å². The van der Waals surface area contributed by atoms with Crippen LogP contribution in [0.5, 0.6) is 0 Å². The van der Waals surface area contributed by atoms with Crippen molar-refractivity contribution in [3.05, 3.63) is 0 Å². The smallest absolute Gasteiger partial charge is 0.185 e. The van der Waals surface area contributed by atoms with Gasteiger partial charge < -0.3 is 5.73 Å². The fourth-order valence-corrected chi connectivity index (χ4v) is 0. The van der Waals surface area contributed by atoms with Crippen LogP contribution in [0.3, 0.4) is 0 Å². The molecule has 0 rings (SSSR count). The lowest BCUT2D eigenvalue weighted by Gasteiger charge is -1.62. The SMILES string of the molecule is CC#N.Cl.N=C(N)Cl. The van der Waals surface area contributed by atoms with E-state index in [0.717, 1.165) is 0 Å². The first kappa shape index (κ1) is 15.6. The van der Waals surface area contributed by atoms with E-state index < -0.39 is 0 Å². The fraction of sp³-hybridized carbons (Fsp3) is 0.333. The van der Waals surface area contributed by atoms with Gasteiger partial charge in [0.15, 0.2) is 5.29 Å². The molecule has 0 aliphatic rings. The lowest BCUT2D eigenvalue weighted by Crippen LogP contribution is -1.96. The first-order chi connectivity index (χ1) is 3.15. The highest BCUT2D eigenvalue weighted by Crippen LogP contribution is 1.57. The van der Waals surface area contributed by atoms with Crippen molar-refractivity contribution in [2.45, 2.75) is 6.92 Å². The molecule has 0 saturated carbocycles. The molecule has 0 radical (unpaired) electrons. The Hall–Kier alpha value is -0.460. The number of hydrogen-bond donors (Lipinski definition) is 2. The molecule has 0 aliphatic carbocycles. The van der Waals surface area contributed by atoms with Crippen LogP contribution >= 0.6 is 24.0 Å². The van der Waals surface area contributed by atoms with Crippen LogP contribution in [0.15, 0.2) is 0 Å². The second-order valence-corrected chi connectivity index (χ2v) is 0.979. The van der Waals surface area contributed by atoms with Crippen molar-refractivity contribution in [3.63, 3.8) is 0 Å². The number of halogens is 2. The van der Waals surface area contributed by atoms with Gasteiger partial charge in [-0.2, -0.15) is 5.26 Å². The fourth-order valence-electron chi connectivity index (χ4n) is 0. The molecule has 3 nitrogen and oxygen atoms in total. The van der Waals surface area contributed by atoms with Gasteiger partial charge in [-0.15, -0.1) is 12.4 Å². The minimum Gasteiger partial charge on any atom is -0.374 e.